The fourth-order valence-electron chi connectivity index (χ4n) is 3.74. The summed E-state index contributed by atoms with van der Waals surface area (Å²) in [5.74, 6) is -1.21. The number of benzene rings is 2. The van der Waals surface area contributed by atoms with E-state index in [0.717, 1.165) is 10.9 Å². The van der Waals surface area contributed by atoms with Crippen LogP contribution in [0.25, 0.3) is 10.9 Å². The van der Waals surface area contributed by atoms with Gasteiger partial charge in [-0.05, 0) is 25.1 Å². The number of para-hydroxylation sites is 2. The van der Waals surface area contributed by atoms with Crippen LogP contribution in [0.1, 0.15) is 34.1 Å². The fourth-order valence-corrected chi connectivity index (χ4v) is 3.74. The van der Waals surface area contributed by atoms with Gasteiger partial charge in [-0.15, -0.1) is 0 Å². The molecule has 2 aromatic carbocycles. The summed E-state index contributed by atoms with van der Waals surface area (Å²) in [5.41, 5.74) is 2.34. The standard InChI is InChI=1S/C23H22N4O4/c1-14(28)17-13-27(20-9-5-3-6-15(17)20)11-10-24-21(29)12-19-23(31)25-18-8-4-2-7-16(18)22(30)26-19/h2-9,13,19H,10-12H2,1H3,(H,24,29)(H,25,31)(H,26,30)/t19-/m1/s1. The molecule has 0 saturated heterocycles. The van der Waals surface area contributed by atoms with Crippen molar-refractivity contribution < 1.29 is 19.2 Å². The van der Waals surface area contributed by atoms with Crippen molar-refractivity contribution in [1.82, 2.24) is 15.2 Å². The highest BCUT2D eigenvalue weighted by Gasteiger charge is 2.29. The predicted molar refractivity (Wildman–Crippen MR) is 116 cm³/mol. The molecule has 3 aromatic rings. The molecule has 1 aliphatic heterocycles. The van der Waals surface area contributed by atoms with Crippen molar-refractivity contribution in [3.8, 4) is 0 Å². The van der Waals surface area contributed by atoms with E-state index in [0.29, 0.717) is 29.9 Å². The molecule has 0 unspecified atom stereocenters. The molecule has 2 heterocycles. The lowest BCUT2D eigenvalue weighted by molar-refractivity contribution is -0.125. The first kappa shape index (κ1) is 20.3. The summed E-state index contributed by atoms with van der Waals surface area (Å²) in [5, 5.41) is 8.95. The molecule has 0 fully saturated rings. The third-order valence-electron chi connectivity index (χ3n) is 5.28. The molecule has 31 heavy (non-hydrogen) atoms. The van der Waals surface area contributed by atoms with Gasteiger partial charge in [0.25, 0.3) is 5.91 Å². The second-order valence-corrected chi connectivity index (χ2v) is 7.42. The normalized spacial score (nSPS) is 15.6. The number of carbonyl (C=O) groups excluding carboxylic acids is 4. The number of nitrogens with zero attached hydrogens (tertiary/aromatic N) is 1. The van der Waals surface area contributed by atoms with Crippen LogP contribution < -0.4 is 16.0 Å². The van der Waals surface area contributed by atoms with Crippen molar-refractivity contribution in [2.24, 2.45) is 0 Å². The summed E-state index contributed by atoms with van der Waals surface area (Å²) in [6, 6.07) is 13.3. The summed E-state index contributed by atoms with van der Waals surface area (Å²) in [6.45, 7) is 2.31. The highest BCUT2D eigenvalue weighted by Crippen LogP contribution is 2.22. The maximum atomic E-state index is 12.4. The van der Waals surface area contributed by atoms with Crippen LogP contribution >= 0.6 is 0 Å². The van der Waals surface area contributed by atoms with Crippen molar-refractivity contribution >= 4 is 40.1 Å². The van der Waals surface area contributed by atoms with E-state index in [2.05, 4.69) is 16.0 Å². The summed E-state index contributed by atoms with van der Waals surface area (Å²) < 4.78 is 1.92. The highest BCUT2D eigenvalue weighted by molar-refractivity contribution is 6.10. The van der Waals surface area contributed by atoms with Gasteiger partial charge in [0, 0.05) is 35.8 Å². The zero-order chi connectivity index (χ0) is 22.0. The minimum Gasteiger partial charge on any atom is -0.354 e. The van der Waals surface area contributed by atoms with Crippen molar-refractivity contribution in [2.45, 2.75) is 25.9 Å². The molecule has 158 valence electrons. The molecule has 0 radical (unpaired) electrons. The maximum Gasteiger partial charge on any atom is 0.254 e. The van der Waals surface area contributed by atoms with Crippen LogP contribution in [0.4, 0.5) is 5.69 Å². The minimum atomic E-state index is -0.961. The predicted octanol–water partition coefficient (Wildman–Crippen LogP) is 2.10. The zero-order valence-corrected chi connectivity index (χ0v) is 17.0. The number of nitrogens with one attached hydrogen (secondary N) is 3. The number of ketones is 1. The van der Waals surface area contributed by atoms with Gasteiger partial charge in [0.05, 0.1) is 17.7 Å². The summed E-state index contributed by atoms with van der Waals surface area (Å²) in [7, 11) is 0. The Labute approximate surface area is 178 Å². The summed E-state index contributed by atoms with van der Waals surface area (Å²) in [4.78, 5) is 49.1. The number of rotatable bonds is 6. The van der Waals surface area contributed by atoms with Gasteiger partial charge in [-0.1, -0.05) is 30.3 Å². The van der Waals surface area contributed by atoms with E-state index in [1.807, 2.05) is 28.8 Å². The number of anilines is 1. The number of hydrogen-bond donors (Lipinski definition) is 3. The lowest BCUT2D eigenvalue weighted by atomic mass is 10.1. The Morgan fingerprint density at radius 3 is 2.61 bits per heavy atom. The van der Waals surface area contributed by atoms with Crippen LogP contribution in [0.5, 0.6) is 0 Å². The Hall–Kier alpha value is -3.94. The minimum absolute atomic E-state index is 0.0184. The maximum absolute atomic E-state index is 12.4. The molecule has 1 aliphatic rings. The number of carbonyl (C=O) groups is 4. The quantitative estimate of drug-likeness (QED) is 0.533. The molecule has 4 rings (SSSR count). The lowest BCUT2D eigenvalue weighted by Gasteiger charge is -2.14. The molecule has 3 amide bonds. The van der Waals surface area contributed by atoms with Gasteiger partial charge in [0.1, 0.15) is 6.04 Å². The lowest BCUT2D eigenvalue weighted by Crippen LogP contribution is -2.44. The Morgan fingerprint density at radius 2 is 1.81 bits per heavy atom. The van der Waals surface area contributed by atoms with Gasteiger partial charge in [-0.2, -0.15) is 0 Å². The third-order valence-corrected chi connectivity index (χ3v) is 5.28. The van der Waals surface area contributed by atoms with Crippen LogP contribution in [-0.4, -0.2) is 40.7 Å². The number of Topliss-reactive ketones (excluding diaryl/α,β-unsaturated/α-hetero) is 1. The molecule has 3 N–H and O–H groups in total. The van der Waals surface area contributed by atoms with Crippen LogP contribution in [0, 0.1) is 0 Å². The molecule has 0 saturated carbocycles. The molecule has 1 aromatic heterocycles. The molecule has 0 spiro atoms. The van der Waals surface area contributed by atoms with E-state index in [1.165, 1.54) is 6.92 Å². The van der Waals surface area contributed by atoms with E-state index in [9.17, 15) is 19.2 Å². The van der Waals surface area contributed by atoms with E-state index < -0.39 is 17.9 Å². The van der Waals surface area contributed by atoms with Crippen LogP contribution in [0.2, 0.25) is 0 Å². The average Bonchev–Trinajstić information content (AvgIpc) is 3.07. The van der Waals surface area contributed by atoms with Crippen LogP contribution in [0.15, 0.2) is 54.7 Å². The van der Waals surface area contributed by atoms with Gasteiger partial charge >= 0.3 is 0 Å². The molecule has 8 heteroatoms. The van der Waals surface area contributed by atoms with Gasteiger partial charge in [-0.25, -0.2) is 0 Å². The molecule has 0 bridgehead atoms. The smallest absolute Gasteiger partial charge is 0.254 e. The first-order valence-corrected chi connectivity index (χ1v) is 10.0. The highest BCUT2D eigenvalue weighted by atomic mass is 16.2. The monoisotopic (exact) mass is 418 g/mol. The van der Waals surface area contributed by atoms with Crippen molar-refractivity contribution in [3.63, 3.8) is 0 Å². The number of hydrogen-bond acceptors (Lipinski definition) is 4. The van der Waals surface area contributed by atoms with E-state index >= 15 is 0 Å². The summed E-state index contributed by atoms with van der Waals surface area (Å²) >= 11 is 0. The van der Waals surface area contributed by atoms with Crippen molar-refractivity contribution in [3.05, 3.63) is 65.9 Å². The Bertz CT molecular complexity index is 1200. The van der Waals surface area contributed by atoms with Crippen LogP contribution in [0.3, 0.4) is 0 Å². The fraction of sp³-hybridized carbons (Fsp3) is 0.217. The Kier molecular flexibility index (Phi) is 5.53. The van der Waals surface area contributed by atoms with Gasteiger partial charge in [0.15, 0.2) is 5.78 Å². The number of aromatic nitrogens is 1. The second-order valence-electron chi connectivity index (χ2n) is 7.42. The number of amides is 3. The SMILES string of the molecule is CC(=O)c1cn(CCNC(=O)C[C@H]2NC(=O)c3ccccc3NC2=O)c2ccccc12. The second kappa shape index (κ2) is 8.43. The summed E-state index contributed by atoms with van der Waals surface area (Å²) in [6.07, 6.45) is 1.62. The number of fused-ring (bicyclic) bond motifs is 2. The van der Waals surface area contributed by atoms with Crippen LogP contribution in [-0.2, 0) is 16.1 Å². The van der Waals surface area contributed by atoms with Crippen molar-refractivity contribution in [2.75, 3.05) is 11.9 Å². The van der Waals surface area contributed by atoms with Gasteiger partial charge in [-0.3, -0.25) is 19.2 Å². The molecule has 8 nitrogen and oxygen atoms in total. The topological polar surface area (TPSA) is 109 Å². The van der Waals surface area contributed by atoms with E-state index in [1.54, 1.807) is 30.5 Å². The molecule has 0 aliphatic carbocycles. The van der Waals surface area contributed by atoms with Crippen molar-refractivity contribution in [1.29, 1.82) is 0 Å². The Morgan fingerprint density at radius 1 is 1.06 bits per heavy atom. The molecular weight excluding hydrogens is 396 g/mol. The van der Waals surface area contributed by atoms with Gasteiger partial charge in [0.2, 0.25) is 11.8 Å². The first-order valence-electron chi connectivity index (χ1n) is 10.0. The van der Waals surface area contributed by atoms with E-state index in [4.69, 9.17) is 0 Å². The first-order chi connectivity index (χ1) is 14.9. The van der Waals surface area contributed by atoms with Gasteiger partial charge < -0.3 is 20.5 Å². The molecule has 1 atom stereocenters. The average molecular weight is 418 g/mol. The largest absolute Gasteiger partial charge is 0.354 e. The third kappa shape index (κ3) is 4.18. The Balaban J connectivity index is 1.37. The molecular formula is C23H22N4O4. The van der Waals surface area contributed by atoms with E-state index in [-0.39, 0.29) is 18.1 Å². The zero-order valence-electron chi connectivity index (χ0n) is 17.0.